The molecule has 0 saturated heterocycles. The van der Waals surface area contributed by atoms with E-state index in [1.54, 1.807) is 166 Å². The molecule has 0 aromatic carbocycles. The third-order valence-corrected chi connectivity index (χ3v) is 15.8. The fraction of sp³-hybridized carbons (Fsp3) is 0.840. The van der Waals surface area contributed by atoms with E-state index in [4.69, 9.17) is 55.1 Å². The van der Waals surface area contributed by atoms with Crippen molar-refractivity contribution in [2.24, 2.45) is 29.0 Å². The van der Waals surface area contributed by atoms with E-state index in [1.807, 2.05) is 0 Å². The normalized spacial score (nSPS) is 16.9. The average Bonchev–Trinajstić information content (AvgIpc) is 1.43. The summed E-state index contributed by atoms with van der Waals surface area (Å²) in [5.41, 5.74) is 5.57. The summed E-state index contributed by atoms with van der Waals surface area (Å²) < 4.78 is 45.6. The Kier molecular flexibility index (Phi) is 38.2. The molecule has 612 valence electrons. The number of carbonyl (C=O) groups excluding carboxylic acids is 10. The summed E-state index contributed by atoms with van der Waals surface area (Å²) in [6.07, 6.45) is -1.62. The largest absolute Gasteiger partial charge is 0.480 e. The van der Waals surface area contributed by atoms with Gasteiger partial charge < -0.3 is 65.3 Å². The second kappa shape index (κ2) is 41.5. The molecule has 1 unspecified atom stereocenters. The maximum atomic E-state index is 16.8. The van der Waals surface area contributed by atoms with Gasteiger partial charge in [-0.15, -0.1) is 0 Å². The first-order chi connectivity index (χ1) is 48.0. The number of rotatable bonds is 44. The number of unbranched alkanes of at least 4 members (excludes halogenated alkanes) is 2. The molecule has 0 aromatic heterocycles. The second-order valence-electron chi connectivity index (χ2n) is 35.5. The third-order valence-electron chi connectivity index (χ3n) is 15.8. The number of ether oxygens (including phenoxy) is 8. The molecule has 1 saturated carbocycles. The van der Waals surface area contributed by atoms with E-state index in [-0.39, 0.29) is 77.8 Å². The van der Waals surface area contributed by atoms with E-state index >= 15 is 19.2 Å². The summed E-state index contributed by atoms with van der Waals surface area (Å²) in [4.78, 5) is 182. The summed E-state index contributed by atoms with van der Waals surface area (Å²) in [7, 11) is 0. The highest BCUT2D eigenvalue weighted by Crippen LogP contribution is 2.43. The Labute approximate surface area is 630 Å². The average molecular weight is 1510 g/mol. The summed E-state index contributed by atoms with van der Waals surface area (Å²) in [5, 5.41) is 24.5. The zero-order valence-corrected chi connectivity index (χ0v) is 68.6. The van der Waals surface area contributed by atoms with Crippen molar-refractivity contribution in [3.05, 3.63) is 0 Å². The predicted molar refractivity (Wildman–Crippen MR) is 396 cm³/mol. The van der Waals surface area contributed by atoms with Crippen LogP contribution in [0.3, 0.4) is 0 Å². The van der Waals surface area contributed by atoms with E-state index in [0.717, 1.165) is 0 Å². The molecule has 0 spiro atoms. The Balaban J connectivity index is 4.94. The number of hydrogen-bond acceptors (Lipinski definition) is 29. The quantitative estimate of drug-likeness (QED) is 0.0234. The number of carboxylic acid groups (broad SMARTS) is 2. The number of nitrogens with zero attached hydrogens (tertiary/aromatic N) is 6. The van der Waals surface area contributed by atoms with Crippen molar-refractivity contribution < 1.29 is 106 Å². The van der Waals surface area contributed by atoms with Gasteiger partial charge in [0, 0.05) is 70.2 Å². The monoisotopic (exact) mass is 1510 g/mol. The lowest BCUT2D eigenvalue weighted by molar-refractivity contribution is -0.168. The van der Waals surface area contributed by atoms with Crippen LogP contribution in [0.25, 0.3) is 0 Å². The molecule has 0 radical (unpaired) electrons. The first-order valence-electron chi connectivity index (χ1n) is 36.9. The van der Waals surface area contributed by atoms with Gasteiger partial charge in [-0.05, 0) is 231 Å². The van der Waals surface area contributed by atoms with Gasteiger partial charge in [-0.1, -0.05) is 0 Å². The molecule has 31 heteroatoms. The molecule has 0 aliphatic heterocycles. The van der Waals surface area contributed by atoms with Crippen LogP contribution in [0.4, 0.5) is 0 Å². The van der Waals surface area contributed by atoms with Crippen LogP contribution in [0.15, 0.2) is 0 Å². The number of hydrogen-bond donors (Lipinski definition) is 5. The van der Waals surface area contributed by atoms with Gasteiger partial charge in [0.25, 0.3) is 0 Å². The maximum absolute atomic E-state index is 16.8. The summed E-state index contributed by atoms with van der Waals surface area (Å²) >= 11 is 0. The minimum Gasteiger partial charge on any atom is -0.480 e. The van der Waals surface area contributed by atoms with Gasteiger partial charge in [-0.2, -0.15) is 0 Å². The fourth-order valence-corrected chi connectivity index (χ4v) is 12.2. The van der Waals surface area contributed by atoms with Crippen molar-refractivity contribution in [2.75, 3.05) is 118 Å². The fourth-order valence-electron chi connectivity index (χ4n) is 12.2. The Hall–Kier alpha value is -6.32. The minimum atomic E-state index is -2.74. The number of nitrogens with two attached hydrogens (primary N) is 3. The van der Waals surface area contributed by atoms with E-state index < -0.39 is 236 Å². The molecule has 1 aliphatic carbocycles. The molecule has 0 amide bonds. The molecular formula is C75H135N9O22. The summed E-state index contributed by atoms with van der Waals surface area (Å²) in [6.45, 7) is 31.5. The van der Waals surface area contributed by atoms with Crippen LogP contribution in [-0.2, 0) is 95.4 Å². The first kappa shape index (κ1) is 97.7. The molecule has 0 bridgehead atoms. The minimum absolute atomic E-state index is 0.0120. The molecule has 106 heavy (non-hydrogen) atoms. The molecule has 5 atom stereocenters. The van der Waals surface area contributed by atoms with E-state index in [0.29, 0.717) is 0 Å². The third kappa shape index (κ3) is 38.7. The lowest BCUT2D eigenvalue weighted by Gasteiger charge is -2.45. The van der Waals surface area contributed by atoms with Crippen LogP contribution in [0.2, 0.25) is 0 Å². The van der Waals surface area contributed by atoms with E-state index in [1.165, 1.54) is 29.4 Å². The molecule has 1 fully saturated rings. The topological polar surface area (TPSA) is 417 Å². The first-order valence-corrected chi connectivity index (χ1v) is 36.9. The lowest BCUT2D eigenvalue weighted by atomic mass is 9.71. The van der Waals surface area contributed by atoms with Crippen LogP contribution in [0.5, 0.6) is 0 Å². The highest BCUT2D eigenvalue weighted by Gasteiger charge is 2.61. The number of Topliss-reactive ketones (excluding diaryl/α,β-unsaturated/α-hetero) is 2. The van der Waals surface area contributed by atoms with Crippen LogP contribution < -0.4 is 17.2 Å². The van der Waals surface area contributed by atoms with Gasteiger partial charge in [0.15, 0.2) is 22.6 Å². The number of carbonyl (C=O) groups is 12. The van der Waals surface area contributed by atoms with Crippen LogP contribution in [0, 0.1) is 11.8 Å². The maximum Gasteiger partial charge on any atom is 0.331 e. The van der Waals surface area contributed by atoms with Gasteiger partial charge in [0.1, 0.15) is 44.8 Å². The number of carboxylic acids is 2. The van der Waals surface area contributed by atoms with Gasteiger partial charge >= 0.3 is 59.7 Å². The Morgan fingerprint density at radius 2 is 0.472 bits per heavy atom. The van der Waals surface area contributed by atoms with Gasteiger partial charge in [0.2, 0.25) is 0 Å². The van der Waals surface area contributed by atoms with Gasteiger partial charge in [0.05, 0.1) is 52.4 Å². The number of esters is 8. The second-order valence-corrected chi connectivity index (χ2v) is 35.5. The van der Waals surface area contributed by atoms with Crippen LogP contribution in [0.1, 0.15) is 218 Å². The summed E-state index contributed by atoms with van der Waals surface area (Å²) in [5.74, 6) is -15.3. The molecule has 8 N–H and O–H groups in total. The molecule has 1 aliphatic rings. The smallest absolute Gasteiger partial charge is 0.331 e. The van der Waals surface area contributed by atoms with Crippen molar-refractivity contribution in [3.63, 3.8) is 0 Å². The Bertz CT molecular complexity index is 2480. The predicted octanol–water partition coefficient (Wildman–Crippen LogP) is 4.93. The zero-order valence-electron chi connectivity index (χ0n) is 68.6. The highest BCUT2D eigenvalue weighted by atomic mass is 16.6. The lowest BCUT2D eigenvalue weighted by Crippen LogP contribution is -2.67. The van der Waals surface area contributed by atoms with Crippen LogP contribution in [-0.4, -0.2) is 291 Å². The van der Waals surface area contributed by atoms with Crippen molar-refractivity contribution >= 4 is 71.3 Å². The molecular weight excluding hydrogens is 1380 g/mol. The van der Waals surface area contributed by atoms with Crippen molar-refractivity contribution in [1.82, 2.24) is 29.4 Å². The molecule has 31 nitrogen and oxygen atoms in total. The Morgan fingerprint density at radius 3 is 0.613 bits per heavy atom. The van der Waals surface area contributed by atoms with E-state index in [9.17, 15) is 48.6 Å². The van der Waals surface area contributed by atoms with Gasteiger partial charge in [-0.3, -0.25) is 77.3 Å². The molecule has 1 rings (SSSR count). The molecule has 0 heterocycles. The van der Waals surface area contributed by atoms with Crippen molar-refractivity contribution in [3.8, 4) is 0 Å². The summed E-state index contributed by atoms with van der Waals surface area (Å²) in [6, 6.07) is -1.07. The van der Waals surface area contributed by atoms with Crippen molar-refractivity contribution in [2.45, 2.75) is 279 Å². The highest BCUT2D eigenvalue weighted by molar-refractivity contribution is 6.14. The zero-order chi connectivity index (χ0) is 82.2. The number of ketones is 2. The number of aliphatic carboxylic acids is 2. The Morgan fingerprint density at radius 1 is 0.302 bits per heavy atom. The van der Waals surface area contributed by atoms with Gasteiger partial charge in [-0.25, -0.2) is 9.59 Å². The standard InChI is InChI=1S/C75H135N9O22/c1-66(2,3)99-54(85)43-79(44-55(86)100-67(4,5)6)33-37-83(38-34-80(45-56(87)101-68(7,8)9)46-57(88)102-69(10,11)12)74(64(95)96,29-25-27-31-76)62(93)52-41-51(78)42-53(52)63(94)75(65(97)98,30-26-28-32-77)84(39-35-81(47-58(89)103-70(13,14)15)48-59(90)104-71(16,17)18)40-36-82(49-60(91)105-72(19,20)21)50-61(92)106-73(22,23)24/h51-53H,25-50,76-78H2,1-24H3,(H,95,96)(H,97,98)/t51?,52-,53+,74-,75-/m1/s1. The van der Waals surface area contributed by atoms with Crippen molar-refractivity contribution in [1.29, 1.82) is 0 Å². The SMILES string of the molecule is CC(C)(C)OC(=O)CN(CCN(CCN(CC(=O)OC(C)(C)C)CC(=O)OC(C)(C)C)[C@@](CCCCN)(C(=O)O)C(=O)[C@H]1CC(N)C[C@H]1C(=O)[C@](CCCCN)(C(=O)O)N(CCN(CC(=O)OC(C)(C)C)CC(=O)OC(C)(C)C)CCN(CC(=O)OC(C)(C)C)CC(=O)OC(C)(C)C)CC(=O)OC(C)(C)C. The van der Waals surface area contributed by atoms with Crippen LogP contribution >= 0.6 is 0 Å². The molecule has 0 aromatic rings. The van der Waals surface area contributed by atoms with E-state index in [2.05, 4.69) is 0 Å².